The Balaban J connectivity index is 0.00000420. The Morgan fingerprint density at radius 2 is 2.07 bits per heavy atom. The minimum atomic E-state index is 0. The molecule has 1 saturated heterocycles. The highest BCUT2D eigenvalue weighted by Crippen LogP contribution is 2.19. The lowest BCUT2D eigenvalue weighted by atomic mass is 10.1. The average molecular weight is 516 g/mol. The molecule has 1 amide bonds. The number of aryl methyl sites for hydroxylation is 1. The quantitative estimate of drug-likeness (QED) is 0.228. The van der Waals surface area contributed by atoms with E-state index in [1.807, 2.05) is 4.90 Å². The molecule has 1 aromatic carbocycles. The van der Waals surface area contributed by atoms with Crippen molar-refractivity contribution in [3.05, 3.63) is 29.3 Å². The van der Waals surface area contributed by atoms with Crippen LogP contribution in [0.3, 0.4) is 0 Å². The van der Waals surface area contributed by atoms with E-state index in [4.69, 9.17) is 4.74 Å². The Morgan fingerprint density at radius 1 is 1.24 bits per heavy atom. The van der Waals surface area contributed by atoms with E-state index in [0.717, 1.165) is 75.7 Å². The summed E-state index contributed by atoms with van der Waals surface area (Å²) in [7, 11) is 1.71. The molecular formula is C22H37IN4O2. The Bertz CT molecular complexity index is 652. The van der Waals surface area contributed by atoms with Crippen LogP contribution in [0.2, 0.25) is 0 Å². The highest BCUT2D eigenvalue weighted by Gasteiger charge is 2.15. The number of nitrogens with zero attached hydrogens (tertiary/aromatic N) is 2. The van der Waals surface area contributed by atoms with Crippen molar-refractivity contribution >= 4 is 35.8 Å². The van der Waals surface area contributed by atoms with E-state index in [-0.39, 0.29) is 24.0 Å². The molecule has 0 saturated carbocycles. The normalized spacial score (nSPS) is 14.8. The standard InChI is InChI=1S/C22H36N4O2.HI/c1-4-23-22(24-13-8-16-26-15-7-5-6-9-21(26)27)25-14-12-19-11-10-18(2)20(17-19)28-3;/h10-11,17H,4-9,12-16H2,1-3H3,(H2,23,24,25);1H. The second-order valence-electron chi connectivity index (χ2n) is 7.29. The van der Waals surface area contributed by atoms with E-state index < -0.39 is 0 Å². The molecule has 0 atom stereocenters. The zero-order valence-electron chi connectivity index (χ0n) is 18.1. The lowest BCUT2D eigenvalue weighted by molar-refractivity contribution is -0.130. The van der Waals surface area contributed by atoms with E-state index >= 15 is 0 Å². The highest BCUT2D eigenvalue weighted by molar-refractivity contribution is 14.0. The molecule has 2 N–H and O–H groups in total. The molecule has 2 rings (SSSR count). The molecular weight excluding hydrogens is 479 g/mol. The molecule has 0 bridgehead atoms. The van der Waals surface area contributed by atoms with Crippen LogP contribution in [0.25, 0.3) is 0 Å². The number of hydrogen-bond acceptors (Lipinski definition) is 3. The molecule has 6 nitrogen and oxygen atoms in total. The van der Waals surface area contributed by atoms with E-state index in [1.54, 1.807) is 7.11 Å². The molecule has 1 aliphatic heterocycles. The molecule has 0 radical (unpaired) electrons. The first kappa shape index (κ1) is 25.5. The van der Waals surface area contributed by atoms with Crippen molar-refractivity contribution in [3.63, 3.8) is 0 Å². The second kappa shape index (κ2) is 14.5. The Hall–Kier alpha value is -1.51. The number of hydrogen-bond donors (Lipinski definition) is 2. The summed E-state index contributed by atoms with van der Waals surface area (Å²) in [4.78, 5) is 18.7. The molecule has 0 spiro atoms. The number of aliphatic imine (C=N–C) groups is 1. The molecule has 0 aromatic heterocycles. The number of amides is 1. The fourth-order valence-corrected chi connectivity index (χ4v) is 3.41. The summed E-state index contributed by atoms with van der Waals surface area (Å²) >= 11 is 0. The van der Waals surface area contributed by atoms with E-state index in [0.29, 0.717) is 12.3 Å². The molecule has 0 unspecified atom stereocenters. The molecule has 1 heterocycles. The minimum absolute atomic E-state index is 0. The number of likely N-dealkylation sites (tertiary alicyclic amines) is 1. The third kappa shape index (κ3) is 9.23. The van der Waals surface area contributed by atoms with Gasteiger partial charge in [-0.2, -0.15) is 0 Å². The number of rotatable bonds is 9. The van der Waals surface area contributed by atoms with Gasteiger partial charge in [0.25, 0.3) is 0 Å². The molecule has 164 valence electrons. The van der Waals surface area contributed by atoms with Crippen molar-refractivity contribution in [2.24, 2.45) is 4.99 Å². The Morgan fingerprint density at radius 3 is 2.83 bits per heavy atom. The van der Waals surface area contributed by atoms with Crippen LogP contribution in [0.4, 0.5) is 0 Å². The zero-order chi connectivity index (χ0) is 20.2. The van der Waals surface area contributed by atoms with E-state index in [2.05, 4.69) is 47.7 Å². The van der Waals surface area contributed by atoms with Crippen LogP contribution in [0.5, 0.6) is 5.75 Å². The topological polar surface area (TPSA) is 66.0 Å². The van der Waals surface area contributed by atoms with Gasteiger partial charge in [0, 0.05) is 39.1 Å². The first-order chi connectivity index (χ1) is 13.6. The van der Waals surface area contributed by atoms with Gasteiger partial charge in [-0.3, -0.25) is 9.79 Å². The molecule has 1 fully saturated rings. The van der Waals surface area contributed by atoms with Crippen LogP contribution in [-0.4, -0.2) is 56.6 Å². The second-order valence-corrected chi connectivity index (χ2v) is 7.29. The summed E-state index contributed by atoms with van der Waals surface area (Å²) in [5.41, 5.74) is 2.39. The van der Waals surface area contributed by atoms with Crippen LogP contribution in [0, 0.1) is 6.92 Å². The largest absolute Gasteiger partial charge is 0.496 e. The van der Waals surface area contributed by atoms with Crippen molar-refractivity contribution < 1.29 is 9.53 Å². The number of benzene rings is 1. The summed E-state index contributed by atoms with van der Waals surface area (Å²) in [6.07, 6.45) is 5.84. The summed E-state index contributed by atoms with van der Waals surface area (Å²) in [5.74, 6) is 2.07. The van der Waals surface area contributed by atoms with Gasteiger partial charge in [-0.1, -0.05) is 18.6 Å². The van der Waals surface area contributed by atoms with Gasteiger partial charge in [0.2, 0.25) is 5.91 Å². The van der Waals surface area contributed by atoms with Crippen LogP contribution >= 0.6 is 24.0 Å². The van der Waals surface area contributed by atoms with Gasteiger partial charge in [0.05, 0.1) is 7.11 Å². The Kier molecular flexibility index (Phi) is 12.7. The van der Waals surface area contributed by atoms with Gasteiger partial charge in [0.15, 0.2) is 5.96 Å². The minimum Gasteiger partial charge on any atom is -0.496 e. The van der Waals surface area contributed by atoms with E-state index in [9.17, 15) is 4.79 Å². The molecule has 7 heteroatoms. The number of methoxy groups -OCH3 is 1. The maximum absolute atomic E-state index is 12.0. The van der Waals surface area contributed by atoms with Crippen molar-refractivity contribution in [1.82, 2.24) is 15.5 Å². The van der Waals surface area contributed by atoms with Crippen LogP contribution in [0.15, 0.2) is 23.2 Å². The van der Waals surface area contributed by atoms with Gasteiger partial charge in [0.1, 0.15) is 5.75 Å². The fourth-order valence-electron chi connectivity index (χ4n) is 3.41. The lowest BCUT2D eigenvalue weighted by Crippen LogP contribution is -2.38. The fraction of sp³-hybridized carbons (Fsp3) is 0.636. The molecule has 1 aromatic rings. The summed E-state index contributed by atoms with van der Waals surface area (Å²) in [6, 6.07) is 6.33. The smallest absolute Gasteiger partial charge is 0.222 e. The maximum Gasteiger partial charge on any atom is 0.222 e. The van der Waals surface area contributed by atoms with Gasteiger partial charge in [-0.05, 0) is 56.7 Å². The highest BCUT2D eigenvalue weighted by atomic mass is 127. The number of carbonyl (C=O) groups excluding carboxylic acids is 1. The van der Waals surface area contributed by atoms with Gasteiger partial charge in [-0.25, -0.2) is 0 Å². The van der Waals surface area contributed by atoms with Gasteiger partial charge in [-0.15, -0.1) is 24.0 Å². The number of ether oxygens (including phenoxy) is 1. The maximum atomic E-state index is 12.0. The third-order valence-corrected chi connectivity index (χ3v) is 5.05. The predicted octanol–water partition coefficient (Wildman–Crippen LogP) is 3.51. The SMILES string of the molecule is CCNC(=NCCCN1CCCCCC1=O)NCCc1ccc(C)c(OC)c1.I. The monoisotopic (exact) mass is 516 g/mol. The van der Waals surface area contributed by atoms with Crippen LogP contribution < -0.4 is 15.4 Å². The van der Waals surface area contributed by atoms with Crippen molar-refractivity contribution in [2.75, 3.05) is 39.8 Å². The summed E-state index contributed by atoms with van der Waals surface area (Å²) < 4.78 is 5.40. The van der Waals surface area contributed by atoms with Crippen LogP contribution in [-0.2, 0) is 11.2 Å². The number of guanidine groups is 1. The first-order valence-corrected chi connectivity index (χ1v) is 10.6. The van der Waals surface area contributed by atoms with Gasteiger partial charge >= 0.3 is 0 Å². The summed E-state index contributed by atoms with van der Waals surface area (Å²) in [5, 5.41) is 6.69. The van der Waals surface area contributed by atoms with E-state index in [1.165, 1.54) is 12.0 Å². The van der Waals surface area contributed by atoms with Crippen LogP contribution in [0.1, 0.15) is 50.2 Å². The predicted molar refractivity (Wildman–Crippen MR) is 130 cm³/mol. The lowest BCUT2D eigenvalue weighted by Gasteiger charge is -2.20. The first-order valence-electron chi connectivity index (χ1n) is 10.6. The zero-order valence-corrected chi connectivity index (χ0v) is 20.5. The van der Waals surface area contributed by atoms with Crippen molar-refractivity contribution in [3.8, 4) is 5.75 Å². The number of halogens is 1. The number of carbonyl (C=O) groups is 1. The average Bonchev–Trinajstić information content (AvgIpc) is 2.90. The van der Waals surface area contributed by atoms with Gasteiger partial charge < -0.3 is 20.3 Å². The molecule has 29 heavy (non-hydrogen) atoms. The third-order valence-electron chi connectivity index (χ3n) is 5.05. The number of nitrogens with one attached hydrogen (secondary N) is 2. The molecule has 1 aliphatic rings. The summed E-state index contributed by atoms with van der Waals surface area (Å²) in [6.45, 7) is 8.19. The molecule has 0 aliphatic carbocycles. The van der Waals surface area contributed by atoms with Crippen molar-refractivity contribution in [2.45, 2.75) is 52.4 Å². The Labute approximate surface area is 192 Å². The van der Waals surface area contributed by atoms with Crippen molar-refractivity contribution in [1.29, 1.82) is 0 Å².